The van der Waals surface area contributed by atoms with Crippen LogP contribution in [-0.2, 0) is 6.42 Å². The molecule has 152 valence electrons. The Morgan fingerprint density at radius 3 is 2.59 bits per heavy atom. The Kier molecular flexibility index (Phi) is 7.04. The zero-order valence-corrected chi connectivity index (χ0v) is 17.5. The first-order valence-corrected chi connectivity index (χ1v) is 10.1. The lowest BCUT2D eigenvalue weighted by atomic mass is 10.3. The van der Waals surface area contributed by atoms with Gasteiger partial charge >= 0.3 is 0 Å². The average molecular weight is 413 g/mol. The molecule has 0 unspecified atom stereocenters. The third kappa shape index (κ3) is 6.19. The van der Waals surface area contributed by atoms with Crippen LogP contribution in [0.15, 0.2) is 36.5 Å². The lowest BCUT2D eigenvalue weighted by Crippen LogP contribution is -2.22. The number of aryl methyl sites for hydroxylation is 1. The van der Waals surface area contributed by atoms with E-state index in [0.717, 1.165) is 18.8 Å². The predicted molar refractivity (Wildman–Crippen MR) is 116 cm³/mol. The number of nitrogens with one attached hydrogen (secondary N) is 3. The molecule has 3 aromatic rings. The number of para-hydroxylation sites is 1. The molecule has 1 amide bonds. The summed E-state index contributed by atoms with van der Waals surface area (Å²) in [6.45, 7) is 3.57. The first-order valence-electron chi connectivity index (χ1n) is 9.26. The van der Waals surface area contributed by atoms with Crippen molar-refractivity contribution in [2.75, 3.05) is 43.1 Å². The molecule has 29 heavy (non-hydrogen) atoms. The zero-order chi connectivity index (χ0) is 20.6. The fourth-order valence-corrected chi connectivity index (χ4v) is 3.06. The van der Waals surface area contributed by atoms with Crippen LogP contribution in [-0.4, -0.2) is 57.9 Å². The highest BCUT2D eigenvalue weighted by atomic mass is 32.1. The van der Waals surface area contributed by atoms with Crippen LogP contribution >= 0.6 is 11.3 Å². The summed E-state index contributed by atoms with van der Waals surface area (Å²) in [7, 11) is 4.01. The molecule has 3 N–H and O–H groups in total. The highest BCUT2D eigenvalue weighted by Crippen LogP contribution is 2.22. The van der Waals surface area contributed by atoms with E-state index >= 15 is 0 Å². The second kappa shape index (κ2) is 9.89. The van der Waals surface area contributed by atoms with E-state index < -0.39 is 0 Å². The fourth-order valence-electron chi connectivity index (χ4n) is 2.35. The predicted octanol–water partition coefficient (Wildman–Crippen LogP) is 2.86. The van der Waals surface area contributed by atoms with Crippen molar-refractivity contribution >= 4 is 40.0 Å². The molecule has 0 aliphatic heterocycles. The van der Waals surface area contributed by atoms with Crippen LogP contribution < -0.4 is 16.0 Å². The van der Waals surface area contributed by atoms with E-state index in [0.29, 0.717) is 34.2 Å². The molecular formula is C19H24N8OS. The number of carbonyl (C=O) groups excluding carboxylic acids is 1. The van der Waals surface area contributed by atoms with Gasteiger partial charge in [0.1, 0.15) is 10.7 Å². The molecule has 3 rings (SSSR count). The van der Waals surface area contributed by atoms with Crippen molar-refractivity contribution in [3.63, 3.8) is 0 Å². The van der Waals surface area contributed by atoms with E-state index in [1.165, 1.54) is 17.5 Å². The van der Waals surface area contributed by atoms with Crippen molar-refractivity contribution in [1.29, 1.82) is 0 Å². The normalized spacial score (nSPS) is 10.8. The van der Waals surface area contributed by atoms with Crippen LogP contribution in [0.1, 0.15) is 22.4 Å². The number of hydrogen-bond donors (Lipinski definition) is 3. The minimum atomic E-state index is -0.210. The Hall–Kier alpha value is -3.11. The molecule has 0 bridgehead atoms. The maximum absolute atomic E-state index is 12.4. The SMILES string of the molecule is CCc1nc(NCCN(C)C)nc(Nc2ncc(C(=O)Nc3ccccc3)s2)n1. The van der Waals surface area contributed by atoms with Crippen LogP contribution in [0, 0.1) is 0 Å². The molecule has 0 atom stereocenters. The van der Waals surface area contributed by atoms with E-state index in [2.05, 4.69) is 40.8 Å². The Balaban J connectivity index is 1.67. The molecule has 0 saturated heterocycles. The van der Waals surface area contributed by atoms with Gasteiger partial charge in [-0.15, -0.1) is 0 Å². The van der Waals surface area contributed by atoms with Crippen LogP contribution in [0.2, 0.25) is 0 Å². The number of hydrogen-bond acceptors (Lipinski definition) is 9. The van der Waals surface area contributed by atoms with Gasteiger partial charge in [0.05, 0.1) is 6.20 Å². The third-order valence-corrected chi connectivity index (χ3v) is 4.73. The molecule has 0 radical (unpaired) electrons. The second-order valence-electron chi connectivity index (χ2n) is 6.46. The number of carbonyl (C=O) groups is 1. The highest BCUT2D eigenvalue weighted by Gasteiger charge is 2.13. The summed E-state index contributed by atoms with van der Waals surface area (Å²) in [5.74, 6) is 1.37. The third-order valence-electron chi connectivity index (χ3n) is 3.82. The minimum absolute atomic E-state index is 0.210. The lowest BCUT2D eigenvalue weighted by molar-refractivity contribution is 0.103. The quantitative estimate of drug-likeness (QED) is 0.492. The number of anilines is 4. The summed E-state index contributed by atoms with van der Waals surface area (Å²) in [5, 5.41) is 9.66. The molecule has 2 heterocycles. The molecule has 2 aromatic heterocycles. The first-order chi connectivity index (χ1) is 14.0. The standard InChI is InChI=1S/C19H24N8OS/c1-4-15-23-17(20-10-11-27(2)3)25-18(24-15)26-19-21-12-14(29-19)16(28)22-13-8-6-5-7-9-13/h5-9,12H,4,10-11H2,1-3H3,(H,22,28)(H2,20,21,23,24,25,26). The van der Waals surface area contributed by atoms with E-state index in [1.54, 1.807) is 0 Å². The van der Waals surface area contributed by atoms with Gasteiger partial charge in [-0.05, 0) is 26.2 Å². The topological polar surface area (TPSA) is 108 Å². The highest BCUT2D eigenvalue weighted by molar-refractivity contribution is 7.17. The second-order valence-corrected chi connectivity index (χ2v) is 7.49. The van der Waals surface area contributed by atoms with Gasteiger partial charge in [-0.3, -0.25) is 10.1 Å². The van der Waals surface area contributed by atoms with Gasteiger partial charge in [-0.1, -0.05) is 36.5 Å². The molecule has 0 aliphatic rings. The molecule has 1 aromatic carbocycles. The van der Waals surface area contributed by atoms with Crippen LogP contribution in [0.5, 0.6) is 0 Å². The van der Waals surface area contributed by atoms with Gasteiger partial charge < -0.3 is 15.5 Å². The summed E-state index contributed by atoms with van der Waals surface area (Å²) in [5.41, 5.74) is 0.735. The lowest BCUT2D eigenvalue weighted by Gasteiger charge is -2.11. The summed E-state index contributed by atoms with van der Waals surface area (Å²) in [6.07, 6.45) is 2.21. The maximum Gasteiger partial charge on any atom is 0.267 e. The minimum Gasteiger partial charge on any atom is -0.353 e. The van der Waals surface area contributed by atoms with Gasteiger partial charge in [0.25, 0.3) is 5.91 Å². The van der Waals surface area contributed by atoms with Gasteiger partial charge in [0, 0.05) is 25.2 Å². The van der Waals surface area contributed by atoms with Crippen molar-refractivity contribution < 1.29 is 4.79 Å². The van der Waals surface area contributed by atoms with E-state index in [9.17, 15) is 4.79 Å². The molecule has 0 fully saturated rings. The smallest absolute Gasteiger partial charge is 0.267 e. The number of nitrogens with zero attached hydrogens (tertiary/aromatic N) is 5. The van der Waals surface area contributed by atoms with Gasteiger partial charge in [-0.2, -0.15) is 15.0 Å². The van der Waals surface area contributed by atoms with Crippen molar-refractivity contribution in [3.8, 4) is 0 Å². The summed E-state index contributed by atoms with van der Waals surface area (Å²) >= 11 is 1.23. The molecule has 0 aliphatic carbocycles. The van der Waals surface area contributed by atoms with Gasteiger partial charge in [0.2, 0.25) is 11.9 Å². The molecule has 9 nitrogen and oxygen atoms in total. The number of benzene rings is 1. The number of thiazole rings is 1. The van der Waals surface area contributed by atoms with Crippen LogP contribution in [0.3, 0.4) is 0 Å². The Bertz CT molecular complexity index is 944. The van der Waals surface area contributed by atoms with Crippen LogP contribution in [0.4, 0.5) is 22.7 Å². The fraction of sp³-hybridized carbons (Fsp3) is 0.316. The maximum atomic E-state index is 12.4. The van der Waals surface area contributed by atoms with Crippen LogP contribution in [0.25, 0.3) is 0 Å². The molecular weight excluding hydrogens is 388 g/mol. The number of aromatic nitrogens is 4. The monoisotopic (exact) mass is 412 g/mol. The van der Waals surface area contributed by atoms with Crippen molar-refractivity contribution in [3.05, 3.63) is 47.2 Å². The Morgan fingerprint density at radius 2 is 1.86 bits per heavy atom. The first kappa shape index (κ1) is 20.6. The molecule has 10 heteroatoms. The van der Waals surface area contributed by atoms with Crippen molar-refractivity contribution in [1.82, 2.24) is 24.8 Å². The summed E-state index contributed by atoms with van der Waals surface area (Å²) < 4.78 is 0. The molecule has 0 saturated carbocycles. The van der Waals surface area contributed by atoms with Crippen molar-refractivity contribution in [2.24, 2.45) is 0 Å². The number of rotatable bonds is 9. The van der Waals surface area contributed by atoms with Gasteiger partial charge in [0.15, 0.2) is 5.13 Å². The largest absolute Gasteiger partial charge is 0.353 e. The average Bonchev–Trinajstić information content (AvgIpc) is 3.17. The summed E-state index contributed by atoms with van der Waals surface area (Å²) in [6, 6.07) is 9.30. The van der Waals surface area contributed by atoms with E-state index in [1.807, 2.05) is 51.4 Å². The molecule has 0 spiro atoms. The number of amides is 1. The Labute approximate surface area is 173 Å². The van der Waals surface area contributed by atoms with Crippen molar-refractivity contribution in [2.45, 2.75) is 13.3 Å². The van der Waals surface area contributed by atoms with E-state index in [-0.39, 0.29) is 5.91 Å². The number of likely N-dealkylation sites (N-methyl/N-ethyl adjacent to an activating group) is 1. The zero-order valence-electron chi connectivity index (χ0n) is 16.6. The van der Waals surface area contributed by atoms with E-state index in [4.69, 9.17) is 0 Å². The Morgan fingerprint density at radius 1 is 1.10 bits per heavy atom. The summed E-state index contributed by atoms with van der Waals surface area (Å²) in [4.78, 5) is 32.4. The van der Waals surface area contributed by atoms with Gasteiger partial charge in [-0.25, -0.2) is 4.98 Å².